The zero-order valence-electron chi connectivity index (χ0n) is 16.3. The van der Waals surface area contributed by atoms with Crippen LogP contribution in [0.2, 0.25) is 0 Å². The van der Waals surface area contributed by atoms with Crippen molar-refractivity contribution in [3.05, 3.63) is 72.1 Å². The molecule has 1 amide bonds. The third-order valence-electron chi connectivity index (χ3n) is 5.05. The van der Waals surface area contributed by atoms with E-state index in [1.54, 1.807) is 12.3 Å². The van der Waals surface area contributed by atoms with Gasteiger partial charge in [0.15, 0.2) is 0 Å². The molecule has 3 heterocycles. The molecule has 1 saturated heterocycles. The molecular weight excluding hydrogens is 409 g/mol. The normalized spacial score (nSPS) is 16.4. The first-order valence-electron chi connectivity index (χ1n) is 9.61. The van der Waals surface area contributed by atoms with Gasteiger partial charge in [-0.05, 0) is 12.1 Å². The second-order valence-electron chi connectivity index (χ2n) is 7.17. The van der Waals surface area contributed by atoms with Crippen molar-refractivity contribution in [1.29, 1.82) is 0 Å². The molecule has 1 aromatic carbocycles. The molecule has 1 fully saturated rings. The maximum Gasteiger partial charge on any atom is 0.417 e. The van der Waals surface area contributed by atoms with Gasteiger partial charge in [-0.15, -0.1) is 0 Å². The fourth-order valence-electron chi connectivity index (χ4n) is 3.50. The summed E-state index contributed by atoms with van der Waals surface area (Å²) in [5.74, 6) is -0.448. The number of rotatable bonds is 5. The molecule has 6 nitrogen and oxygen atoms in total. The summed E-state index contributed by atoms with van der Waals surface area (Å²) in [4.78, 5) is 22.2. The van der Waals surface area contributed by atoms with E-state index in [-0.39, 0.29) is 12.0 Å². The first kappa shape index (κ1) is 20.6. The fraction of sp³-hybridized carbons (Fsp3) is 0.227. The van der Waals surface area contributed by atoms with Crippen molar-refractivity contribution < 1.29 is 22.7 Å². The molecule has 0 radical (unpaired) electrons. The first-order valence-corrected chi connectivity index (χ1v) is 9.61. The van der Waals surface area contributed by atoms with Crippen LogP contribution >= 0.6 is 0 Å². The summed E-state index contributed by atoms with van der Waals surface area (Å²) in [6, 6.07) is 13.2. The Morgan fingerprint density at radius 3 is 2.52 bits per heavy atom. The molecule has 9 heteroatoms. The van der Waals surface area contributed by atoms with E-state index in [9.17, 15) is 18.0 Å². The van der Waals surface area contributed by atoms with Gasteiger partial charge in [0.2, 0.25) is 5.88 Å². The van der Waals surface area contributed by atoms with Crippen molar-refractivity contribution in [2.75, 3.05) is 18.0 Å². The average Bonchev–Trinajstić information content (AvgIpc) is 3.22. The number of hydrogen-bond acceptors (Lipinski definition) is 5. The Morgan fingerprint density at radius 1 is 1.10 bits per heavy atom. The zero-order valence-corrected chi connectivity index (χ0v) is 16.3. The lowest BCUT2D eigenvalue weighted by atomic mass is 10.1. The monoisotopic (exact) mass is 428 g/mol. The van der Waals surface area contributed by atoms with Gasteiger partial charge in [-0.3, -0.25) is 9.78 Å². The van der Waals surface area contributed by atoms with Crippen molar-refractivity contribution in [1.82, 2.24) is 9.97 Å². The van der Waals surface area contributed by atoms with Crippen molar-refractivity contribution in [3.63, 3.8) is 0 Å². The molecule has 0 unspecified atom stereocenters. The predicted octanol–water partition coefficient (Wildman–Crippen LogP) is 3.92. The van der Waals surface area contributed by atoms with Crippen LogP contribution in [0.15, 0.2) is 60.9 Å². The standard InChI is InChI=1S/C22H19F3N4O2/c23-22(24,25)15-6-7-20(28-11-15)31-16-8-9-29(13-16)19-12-27-18(10-17(19)21(26)30)14-4-2-1-3-5-14/h1-7,10-12,16H,8-9,13H2,(H2,26,30)/t16-/m0/s1. The minimum absolute atomic E-state index is 0.118. The minimum Gasteiger partial charge on any atom is -0.472 e. The van der Waals surface area contributed by atoms with Crippen LogP contribution in [0.1, 0.15) is 22.3 Å². The molecule has 0 spiro atoms. The smallest absolute Gasteiger partial charge is 0.417 e. The zero-order chi connectivity index (χ0) is 22.0. The second-order valence-corrected chi connectivity index (χ2v) is 7.17. The van der Waals surface area contributed by atoms with Crippen LogP contribution in [-0.4, -0.2) is 35.1 Å². The summed E-state index contributed by atoms with van der Waals surface area (Å²) in [5.41, 5.74) is 7.23. The van der Waals surface area contributed by atoms with Gasteiger partial charge in [0.05, 0.1) is 35.2 Å². The van der Waals surface area contributed by atoms with Gasteiger partial charge in [0.1, 0.15) is 6.10 Å². The molecule has 1 aliphatic heterocycles. The molecule has 4 rings (SSSR count). The molecular formula is C22H19F3N4O2. The van der Waals surface area contributed by atoms with Gasteiger partial charge >= 0.3 is 6.18 Å². The van der Waals surface area contributed by atoms with Crippen LogP contribution in [0.4, 0.5) is 18.9 Å². The number of carbonyl (C=O) groups excluding carboxylic acids is 1. The summed E-state index contributed by atoms with van der Waals surface area (Å²) >= 11 is 0. The van der Waals surface area contributed by atoms with Crippen LogP contribution in [0, 0.1) is 0 Å². The van der Waals surface area contributed by atoms with Crippen LogP contribution < -0.4 is 15.4 Å². The van der Waals surface area contributed by atoms with Gasteiger partial charge in [-0.2, -0.15) is 13.2 Å². The Balaban J connectivity index is 1.49. The third-order valence-corrected chi connectivity index (χ3v) is 5.05. The summed E-state index contributed by atoms with van der Waals surface area (Å²) < 4.78 is 43.7. The summed E-state index contributed by atoms with van der Waals surface area (Å²) in [5, 5.41) is 0. The van der Waals surface area contributed by atoms with E-state index in [1.807, 2.05) is 35.2 Å². The van der Waals surface area contributed by atoms with E-state index in [0.717, 1.165) is 17.8 Å². The van der Waals surface area contributed by atoms with E-state index < -0.39 is 17.6 Å². The van der Waals surface area contributed by atoms with Crippen LogP contribution in [0.3, 0.4) is 0 Å². The number of benzene rings is 1. The van der Waals surface area contributed by atoms with Gasteiger partial charge < -0.3 is 15.4 Å². The first-order chi connectivity index (χ1) is 14.8. The maximum atomic E-state index is 12.7. The number of nitrogens with zero attached hydrogens (tertiary/aromatic N) is 3. The molecule has 2 N–H and O–H groups in total. The number of pyridine rings is 2. The van der Waals surface area contributed by atoms with Crippen LogP contribution in [-0.2, 0) is 6.18 Å². The number of aromatic nitrogens is 2. The minimum atomic E-state index is -4.44. The van der Waals surface area contributed by atoms with Crippen molar-refractivity contribution >= 4 is 11.6 Å². The van der Waals surface area contributed by atoms with Crippen molar-refractivity contribution in [3.8, 4) is 17.1 Å². The number of carbonyl (C=O) groups is 1. The van der Waals surface area contributed by atoms with E-state index in [0.29, 0.717) is 36.5 Å². The van der Waals surface area contributed by atoms with Gasteiger partial charge in [0, 0.05) is 30.8 Å². The fourth-order valence-corrected chi connectivity index (χ4v) is 3.50. The number of hydrogen-bond donors (Lipinski definition) is 1. The lowest BCUT2D eigenvalue weighted by Crippen LogP contribution is -2.27. The Hall–Kier alpha value is -3.62. The van der Waals surface area contributed by atoms with Crippen LogP contribution in [0.5, 0.6) is 5.88 Å². The SMILES string of the molecule is NC(=O)c1cc(-c2ccccc2)ncc1N1CC[C@H](Oc2ccc(C(F)(F)F)cn2)C1. The largest absolute Gasteiger partial charge is 0.472 e. The second kappa shape index (κ2) is 8.25. The summed E-state index contributed by atoms with van der Waals surface area (Å²) in [6.45, 7) is 1.01. The van der Waals surface area contributed by atoms with Gasteiger partial charge in [0.25, 0.3) is 5.91 Å². The molecule has 0 saturated carbocycles. The quantitative estimate of drug-likeness (QED) is 0.666. The van der Waals surface area contributed by atoms with Crippen molar-refractivity contribution in [2.24, 2.45) is 5.73 Å². The number of anilines is 1. The van der Waals surface area contributed by atoms with E-state index in [4.69, 9.17) is 10.5 Å². The molecule has 0 aliphatic carbocycles. The maximum absolute atomic E-state index is 12.7. The molecule has 1 aliphatic rings. The highest BCUT2D eigenvalue weighted by Crippen LogP contribution is 2.31. The molecule has 3 aromatic rings. The predicted molar refractivity (Wildman–Crippen MR) is 109 cm³/mol. The molecule has 31 heavy (non-hydrogen) atoms. The Bertz CT molecular complexity index is 1070. The summed E-state index contributed by atoms with van der Waals surface area (Å²) in [7, 11) is 0. The lowest BCUT2D eigenvalue weighted by molar-refractivity contribution is -0.137. The van der Waals surface area contributed by atoms with E-state index in [1.165, 1.54) is 6.07 Å². The molecule has 160 valence electrons. The third kappa shape index (κ3) is 4.60. The highest BCUT2D eigenvalue weighted by molar-refractivity contribution is 5.99. The Labute approximate surface area is 176 Å². The molecule has 1 atom stereocenters. The highest BCUT2D eigenvalue weighted by Gasteiger charge is 2.31. The number of primary amides is 1. The number of amides is 1. The van der Waals surface area contributed by atoms with Gasteiger partial charge in [-0.25, -0.2) is 4.98 Å². The molecule has 2 aromatic heterocycles. The average molecular weight is 428 g/mol. The number of alkyl halides is 3. The Kier molecular flexibility index (Phi) is 5.50. The van der Waals surface area contributed by atoms with Crippen LogP contribution in [0.25, 0.3) is 11.3 Å². The number of halogens is 3. The molecule has 0 bridgehead atoms. The van der Waals surface area contributed by atoms with Crippen molar-refractivity contribution in [2.45, 2.75) is 18.7 Å². The van der Waals surface area contributed by atoms with Gasteiger partial charge in [-0.1, -0.05) is 30.3 Å². The number of nitrogens with two attached hydrogens (primary N) is 1. The van der Waals surface area contributed by atoms with E-state index in [2.05, 4.69) is 9.97 Å². The topological polar surface area (TPSA) is 81.3 Å². The summed E-state index contributed by atoms with van der Waals surface area (Å²) in [6.07, 6.45) is -1.76. The number of ether oxygens (including phenoxy) is 1. The lowest BCUT2D eigenvalue weighted by Gasteiger charge is -2.21. The highest BCUT2D eigenvalue weighted by atomic mass is 19.4. The Morgan fingerprint density at radius 2 is 1.87 bits per heavy atom. The van der Waals surface area contributed by atoms with E-state index >= 15 is 0 Å².